The monoisotopic (exact) mass is 285 g/mol. The summed E-state index contributed by atoms with van der Waals surface area (Å²) in [6.45, 7) is 2.35. The lowest BCUT2D eigenvalue weighted by atomic mass is 10.3. The molecule has 1 aromatic heterocycles. The summed E-state index contributed by atoms with van der Waals surface area (Å²) in [6.07, 6.45) is 3.41. The molecule has 1 N–H and O–H groups in total. The summed E-state index contributed by atoms with van der Waals surface area (Å²) in [5, 5.41) is 2.65. The topological polar surface area (TPSA) is 79.4 Å². The molecule has 0 radical (unpaired) electrons. The number of hydrogen-bond acceptors (Lipinski definition) is 4. The minimum Gasteiger partial charge on any atom is -0.349 e. The highest BCUT2D eigenvalue weighted by atomic mass is 32.2. The molecule has 1 rings (SSSR count). The average molecular weight is 285 g/mol. The molecule has 0 atom stereocenters. The number of sulfonamides is 1. The normalized spacial score (nSPS) is 11.5. The van der Waals surface area contributed by atoms with Gasteiger partial charge in [-0.05, 0) is 18.6 Å². The van der Waals surface area contributed by atoms with Crippen molar-refractivity contribution >= 4 is 15.9 Å². The molecule has 1 amide bonds. The van der Waals surface area contributed by atoms with Gasteiger partial charge in [0.15, 0.2) is 0 Å². The van der Waals surface area contributed by atoms with Gasteiger partial charge in [-0.1, -0.05) is 13.0 Å². The summed E-state index contributed by atoms with van der Waals surface area (Å²) >= 11 is 0. The van der Waals surface area contributed by atoms with E-state index in [2.05, 4.69) is 10.3 Å². The Hall–Kier alpha value is -1.47. The number of nitrogens with one attached hydrogen (secondary N) is 1. The second kappa shape index (κ2) is 7.20. The number of carbonyl (C=O) groups excluding carboxylic acids is 1. The zero-order valence-electron chi connectivity index (χ0n) is 11.2. The first-order valence-corrected chi connectivity index (χ1v) is 7.90. The fourth-order valence-electron chi connectivity index (χ4n) is 1.52. The smallest absolute Gasteiger partial charge is 0.235 e. The molecule has 0 aliphatic rings. The summed E-state index contributed by atoms with van der Waals surface area (Å²) in [5.41, 5.74) is 0.734. The van der Waals surface area contributed by atoms with E-state index in [9.17, 15) is 13.2 Å². The summed E-state index contributed by atoms with van der Waals surface area (Å²) in [4.78, 5) is 15.8. The third-order valence-corrected chi connectivity index (χ3v) is 3.70. The van der Waals surface area contributed by atoms with Crippen LogP contribution in [-0.4, -0.2) is 43.0 Å². The van der Waals surface area contributed by atoms with E-state index >= 15 is 0 Å². The first-order chi connectivity index (χ1) is 8.93. The van der Waals surface area contributed by atoms with E-state index in [0.717, 1.165) is 11.9 Å². The van der Waals surface area contributed by atoms with Crippen LogP contribution in [0.5, 0.6) is 0 Å². The molecular weight excluding hydrogens is 266 g/mol. The number of amides is 1. The number of pyridine rings is 1. The Balaban J connectivity index is 2.50. The third kappa shape index (κ3) is 5.80. The van der Waals surface area contributed by atoms with Crippen LogP contribution in [0, 0.1) is 0 Å². The van der Waals surface area contributed by atoms with Crippen LogP contribution in [0.2, 0.25) is 0 Å². The first kappa shape index (κ1) is 15.6. The predicted octanol–water partition coefficient (Wildman–Crippen LogP) is 0.369. The Morgan fingerprint density at radius 2 is 2.16 bits per heavy atom. The Labute approximate surface area is 113 Å². The molecule has 0 aromatic carbocycles. The van der Waals surface area contributed by atoms with E-state index < -0.39 is 10.0 Å². The molecule has 0 unspecified atom stereocenters. The minimum absolute atomic E-state index is 0.153. The highest BCUT2D eigenvalue weighted by Gasteiger charge is 2.18. The number of carbonyl (C=O) groups is 1. The minimum atomic E-state index is -3.35. The molecule has 0 spiro atoms. The van der Waals surface area contributed by atoms with Crippen LogP contribution < -0.4 is 5.32 Å². The van der Waals surface area contributed by atoms with Gasteiger partial charge in [0, 0.05) is 12.7 Å². The maximum atomic E-state index is 11.7. The largest absolute Gasteiger partial charge is 0.349 e. The SMILES string of the molecule is CCCN(CC(=O)NCc1ccccn1)S(C)(=O)=O. The zero-order valence-corrected chi connectivity index (χ0v) is 12.0. The van der Waals surface area contributed by atoms with Crippen molar-refractivity contribution in [3.8, 4) is 0 Å². The van der Waals surface area contributed by atoms with Gasteiger partial charge in [0.05, 0.1) is 25.0 Å². The molecule has 19 heavy (non-hydrogen) atoms. The van der Waals surface area contributed by atoms with Crippen LogP contribution in [0.25, 0.3) is 0 Å². The number of rotatable bonds is 7. The molecule has 1 aromatic rings. The van der Waals surface area contributed by atoms with Crippen LogP contribution in [0.1, 0.15) is 19.0 Å². The van der Waals surface area contributed by atoms with E-state index in [1.807, 2.05) is 13.0 Å². The Morgan fingerprint density at radius 3 is 2.68 bits per heavy atom. The lowest BCUT2D eigenvalue weighted by Crippen LogP contribution is -2.40. The molecular formula is C12H19N3O3S. The molecule has 6 nitrogen and oxygen atoms in total. The van der Waals surface area contributed by atoms with E-state index in [1.54, 1.807) is 18.3 Å². The lowest BCUT2D eigenvalue weighted by Gasteiger charge is -2.18. The Morgan fingerprint density at radius 1 is 1.42 bits per heavy atom. The van der Waals surface area contributed by atoms with E-state index in [4.69, 9.17) is 0 Å². The lowest BCUT2D eigenvalue weighted by molar-refractivity contribution is -0.121. The Bertz CT molecular complexity index is 502. The fraction of sp³-hybridized carbons (Fsp3) is 0.500. The van der Waals surface area contributed by atoms with Gasteiger partial charge in [-0.25, -0.2) is 8.42 Å². The average Bonchev–Trinajstić information content (AvgIpc) is 2.36. The van der Waals surface area contributed by atoms with E-state index in [-0.39, 0.29) is 12.5 Å². The summed E-state index contributed by atoms with van der Waals surface area (Å²) in [7, 11) is -3.35. The molecule has 0 bridgehead atoms. The van der Waals surface area contributed by atoms with Crippen molar-refractivity contribution in [3.05, 3.63) is 30.1 Å². The van der Waals surface area contributed by atoms with Gasteiger partial charge in [-0.3, -0.25) is 9.78 Å². The molecule has 0 aliphatic carbocycles. The Kier molecular flexibility index (Phi) is 5.91. The van der Waals surface area contributed by atoms with Crippen LogP contribution in [0.4, 0.5) is 0 Å². The summed E-state index contributed by atoms with van der Waals surface area (Å²) in [5.74, 6) is -0.329. The molecule has 0 fully saturated rings. The number of nitrogens with zero attached hydrogens (tertiary/aromatic N) is 2. The quantitative estimate of drug-likeness (QED) is 0.785. The van der Waals surface area contributed by atoms with Crippen molar-refractivity contribution in [2.45, 2.75) is 19.9 Å². The molecule has 7 heteroatoms. The van der Waals surface area contributed by atoms with Crippen LogP contribution in [0.3, 0.4) is 0 Å². The van der Waals surface area contributed by atoms with Crippen LogP contribution >= 0.6 is 0 Å². The second-order valence-corrected chi connectivity index (χ2v) is 6.18. The summed E-state index contributed by atoms with van der Waals surface area (Å²) < 4.78 is 24.1. The van der Waals surface area contributed by atoms with E-state index in [1.165, 1.54) is 4.31 Å². The van der Waals surface area contributed by atoms with Gasteiger partial charge in [0.25, 0.3) is 0 Å². The molecule has 106 valence electrons. The molecule has 0 aliphatic heterocycles. The van der Waals surface area contributed by atoms with Crippen molar-refractivity contribution in [2.24, 2.45) is 0 Å². The van der Waals surface area contributed by atoms with Gasteiger partial charge < -0.3 is 5.32 Å². The standard InChI is InChI=1S/C12H19N3O3S/c1-3-8-15(19(2,17)18)10-12(16)14-9-11-6-4-5-7-13-11/h4-7H,3,8-10H2,1-2H3,(H,14,16). The molecule has 1 heterocycles. The number of aromatic nitrogens is 1. The predicted molar refractivity (Wildman–Crippen MR) is 72.8 cm³/mol. The van der Waals surface area contributed by atoms with Crippen molar-refractivity contribution < 1.29 is 13.2 Å². The molecule has 0 saturated carbocycles. The van der Waals surface area contributed by atoms with Gasteiger partial charge in [-0.2, -0.15) is 4.31 Å². The second-order valence-electron chi connectivity index (χ2n) is 4.19. The van der Waals surface area contributed by atoms with Crippen LogP contribution in [0.15, 0.2) is 24.4 Å². The third-order valence-electron chi connectivity index (χ3n) is 2.45. The maximum Gasteiger partial charge on any atom is 0.235 e. The van der Waals surface area contributed by atoms with Crippen LogP contribution in [-0.2, 0) is 21.4 Å². The van der Waals surface area contributed by atoms with Gasteiger partial charge >= 0.3 is 0 Å². The van der Waals surface area contributed by atoms with Gasteiger partial charge in [-0.15, -0.1) is 0 Å². The summed E-state index contributed by atoms with van der Waals surface area (Å²) in [6, 6.07) is 5.41. The van der Waals surface area contributed by atoms with Gasteiger partial charge in [0.1, 0.15) is 0 Å². The molecule has 0 saturated heterocycles. The van der Waals surface area contributed by atoms with Gasteiger partial charge in [0.2, 0.25) is 15.9 Å². The van der Waals surface area contributed by atoms with Crippen molar-refractivity contribution in [1.82, 2.24) is 14.6 Å². The zero-order chi connectivity index (χ0) is 14.3. The maximum absolute atomic E-state index is 11.7. The number of hydrogen-bond donors (Lipinski definition) is 1. The highest BCUT2D eigenvalue weighted by Crippen LogP contribution is 1.99. The van der Waals surface area contributed by atoms with E-state index in [0.29, 0.717) is 19.5 Å². The van der Waals surface area contributed by atoms with Crippen molar-refractivity contribution in [1.29, 1.82) is 0 Å². The fourth-order valence-corrected chi connectivity index (χ4v) is 2.39. The van der Waals surface area contributed by atoms with Crippen molar-refractivity contribution in [3.63, 3.8) is 0 Å². The highest BCUT2D eigenvalue weighted by molar-refractivity contribution is 7.88. The van der Waals surface area contributed by atoms with Crippen molar-refractivity contribution in [2.75, 3.05) is 19.3 Å². The first-order valence-electron chi connectivity index (χ1n) is 6.05.